The number of ketones is 1. The van der Waals surface area contributed by atoms with Gasteiger partial charge in [0.05, 0.1) is 24.8 Å². The number of Topliss-reactive ketones (excluding diaryl/α,β-unsaturated/α-hetero) is 1. The summed E-state index contributed by atoms with van der Waals surface area (Å²) >= 11 is 0. The Hall–Kier alpha value is -4.33. The van der Waals surface area contributed by atoms with E-state index < -0.39 is 17.7 Å². The highest BCUT2D eigenvalue weighted by atomic mass is 16.5. The van der Waals surface area contributed by atoms with Gasteiger partial charge >= 0.3 is 0 Å². The van der Waals surface area contributed by atoms with Crippen molar-refractivity contribution >= 4 is 17.4 Å². The summed E-state index contributed by atoms with van der Waals surface area (Å²) in [4.78, 5) is 32.0. The van der Waals surface area contributed by atoms with Crippen LogP contribution in [0.4, 0.5) is 0 Å². The summed E-state index contributed by atoms with van der Waals surface area (Å²) in [6, 6.07) is 14.1. The molecular formula is C29H30N2O6. The smallest absolute Gasteiger partial charge is 0.295 e. The summed E-state index contributed by atoms with van der Waals surface area (Å²) in [5.74, 6) is -1.10. The number of phenolic OH excluding ortho intramolecular Hbond substituents is 1. The third-order valence-electron chi connectivity index (χ3n) is 6.12. The predicted octanol–water partition coefficient (Wildman–Crippen LogP) is 4.99. The van der Waals surface area contributed by atoms with E-state index in [4.69, 9.17) is 9.47 Å². The lowest BCUT2D eigenvalue weighted by atomic mass is 9.94. The van der Waals surface area contributed by atoms with Crippen molar-refractivity contribution in [2.24, 2.45) is 0 Å². The lowest BCUT2D eigenvalue weighted by Gasteiger charge is -2.26. The van der Waals surface area contributed by atoms with Crippen molar-refractivity contribution in [2.75, 3.05) is 13.2 Å². The number of pyridine rings is 1. The van der Waals surface area contributed by atoms with Crippen molar-refractivity contribution in [3.8, 4) is 17.2 Å². The molecule has 37 heavy (non-hydrogen) atoms. The van der Waals surface area contributed by atoms with Crippen LogP contribution >= 0.6 is 0 Å². The van der Waals surface area contributed by atoms with Gasteiger partial charge in [-0.1, -0.05) is 31.5 Å². The molecule has 192 valence electrons. The van der Waals surface area contributed by atoms with Crippen molar-refractivity contribution in [1.82, 2.24) is 9.88 Å². The summed E-state index contributed by atoms with van der Waals surface area (Å²) < 4.78 is 11.3. The molecule has 0 radical (unpaired) electrons. The van der Waals surface area contributed by atoms with E-state index in [0.29, 0.717) is 30.1 Å². The maximum atomic E-state index is 13.3. The molecule has 1 fully saturated rings. The molecule has 3 aromatic rings. The van der Waals surface area contributed by atoms with Crippen molar-refractivity contribution in [1.29, 1.82) is 0 Å². The standard InChI is InChI=1S/C29H30N2O6/c1-3-5-15-37-22-8-6-7-21(16-22)27(33)25-26(20-9-10-23(32)24(17-20)36-4-2)31(29(35)28(25)34)18-19-11-13-30-14-12-19/h6-14,16-17,26,32-33H,3-5,15,18H2,1-2H3. The third-order valence-corrected chi connectivity index (χ3v) is 6.12. The number of carbonyl (C=O) groups excluding carboxylic acids is 2. The molecule has 2 N–H and O–H groups in total. The second-order valence-corrected chi connectivity index (χ2v) is 8.67. The van der Waals surface area contributed by atoms with Crippen LogP contribution in [0.25, 0.3) is 5.76 Å². The van der Waals surface area contributed by atoms with E-state index >= 15 is 0 Å². The zero-order valence-corrected chi connectivity index (χ0v) is 20.9. The van der Waals surface area contributed by atoms with Gasteiger partial charge in [0.15, 0.2) is 11.5 Å². The Labute approximate surface area is 215 Å². The van der Waals surface area contributed by atoms with Gasteiger partial charge in [-0.25, -0.2) is 0 Å². The van der Waals surface area contributed by atoms with E-state index in [1.165, 1.54) is 11.0 Å². The van der Waals surface area contributed by atoms with Crippen molar-refractivity contribution in [3.63, 3.8) is 0 Å². The average molecular weight is 503 g/mol. The fourth-order valence-corrected chi connectivity index (χ4v) is 4.27. The van der Waals surface area contributed by atoms with Gasteiger partial charge in [0, 0.05) is 24.5 Å². The second kappa shape index (κ2) is 11.6. The molecule has 8 nitrogen and oxygen atoms in total. The van der Waals surface area contributed by atoms with Crippen LogP contribution in [-0.4, -0.2) is 45.0 Å². The molecule has 0 aliphatic carbocycles. The molecule has 1 unspecified atom stereocenters. The predicted molar refractivity (Wildman–Crippen MR) is 138 cm³/mol. The fraction of sp³-hybridized carbons (Fsp3) is 0.276. The quantitative estimate of drug-likeness (QED) is 0.174. The number of aliphatic hydroxyl groups excluding tert-OH is 1. The lowest BCUT2D eigenvalue weighted by Crippen LogP contribution is -2.29. The van der Waals surface area contributed by atoms with Crippen molar-refractivity contribution in [2.45, 2.75) is 39.3 Å². The SMILES string of the molecule is CCCCOc1cccc(C(O)=C2C(=O)C(=O)N(Cc3ccncc3)C2c2ccc(O)c(OCC)c2)c1. The largest absolute Gasteiger partial charge is 0.507 e. The molecule has 4 rings (SSSR count). The number of carbonyl (C=O) groups is 2. The van der Waals surface area contributed by atoms with E-state index in [2.05, 4.69) is 11.9 Å². The van der Waals surface area contributed by atoms with Gasteiger partial charge in [0.2, 0.25) is 0 Å². The summed E-state index contributed by atoms with van der Waals surface area (Å²) in [6.45, 7) is 4.83. The van der Waals surface area contributed by atoms with Gasteiger partial charge in [-0.2, -0.15) is 0 Å². The minimum absolute atomic E-state index is 0.0436. The van der Waals surface area contributed by atoms with Gasteiger partial charge < -0.3 is 24.6 Å². The molecule has 1 saturated heterocycles. The highest BCUT2D eigenvalue weighted by molar-refractivity contribution is 6.46. The maximum Gasteiger partial charge on any atom is 0.295 e. The average Bonchev–Trinajstić information content (AvgIpc) is 3.15. The number of hydrogen-bond donors (Lipinski definition) is 2. The zero-order valence-electron chi connectivity index (χ0n) is 20.9. The normalized spacial score (nSPS) is 16.7. The Morgan fingerprint density at radius 1 is 1.03 bits per heavy atom. The number of likely N-dealkylation sites (tertiary alicyclic amines) is 1. The number of amides is 1. The van der Waals surface area contributed by atoms with Crippen LogP contribution in [0.15, 0.2) is 72.6 Å². The molecule has 8 heteroatoms. The Kier molecular flexibility index (Phi) is 8.08. The molecule has 2 aromatic carbocycles. The van der Waals surface area contributed by atoms with Gasteiger partial charge in [0.1, 0.15) is 11.5 Å². The molecule has 0 spiro atoms. The topological polar surface area (TPSA) is 109 Å². The van der Waals surface area contributed by atoms with Gasteiger partial charge in [0.25, 0.3) is 11.7 Å². The van der Waals surface area contributed by atoms with Crippen LogP contribution < -0.4 is 9.47 Å². The number of hydrogen-bond acceptors (Lipinski definition) is 7. The van der Waals surface area contributed by atoms with Crippen LogP contribution in [0.3, 0.4) is 0 Å². The molecular weight excluding hydrogens is 472 g/mol. The molecule has 0 bridgehead atoms. The van der Waals surface area contributed by atoms with Crippen LogP contribution in [0.5, 0.6) is 17.2 Å². The minimum atomic E-state index is -0.905. The summed E-state index contributed by atoms with van der Waals surface area (Å²) in [6.07, 6.45) is 5.09. The first-order valence-corrected chi connectivity index (χ1v) is 12.3. The van der Waals surface area contributed by atoms with E-state index in [1.54, 1.807) is 67.8 Å². The number of aromatic nitrogens is 1. The number of rotatable bonds is 10. The molecule has 0 saturated carbocycles. The van der Waals surface area contributed by atoms with Crippen LogP contribution in [0.2, 0.25) is 0 Å². The molecule has 1 amide bonds. The first-order valence-electron chi connectivity index (χ1n) is 12.3. The Morgan fingerprint density at radius 2 is 1.81 bits per heavy atom. The first-order chi connectivity index (χ1) is 17.9. The van der Waals surface area contributed by atoms with E-state index in [0.717, 1.165) is 18.4 Å². The molecule has 1 aliphatic heterocycles. The fourth-order valence-electron chi connectivity index (χ4n) is 4.27. The number of unbranched alkanes of at least 4 members (excludes halogenated alkanes) is 1. The number of aliphatic hydroxyl groups is 1. The van der Waals surface area contributed by atoms with Crippen LogP contribution in [-0.2, 0) is 16.1 Å². The summed E-state index contributed by atoms with van der Waals surface area (Å²) in [5, 5.41) is 21.6. The number of benzene rings is 2. The molecule has 1 atom stereocenters. The molecule has 1 aromatic heterocycles. The number of nitrogens with zero attached hydrogens (tertiary/aromatic N) is 2. The van der Waals surface area contributed by atoms with E-state index in [1.807, 2.05) is 0 Å². The number of phenols is 1. The summed E-state index contributed by atoms with van der Waals surface area (Å²) in [5.41, 5.74) is 1.62. The minimum Gasteiger partial charge on any atom is -0.507 e. The van der Waals surface area contributed by atoms with Gasteiger partial charge in [-0.15, -0.1) is 0 Å². The van der Waals surface area contributed by atoms with Gasteiger partial charge in [-0.3, -0.25) is 14.6 Å². The highest BCUT2D eigenvalue weighted by Gasteiger charge is 2.46. The zero-order chi connectivity index (χ0) is 26.4. The molecule has 2 heterocycles. The maximum absolute atomic E-state index is 13.3. The Bertz CT molecular complexity index is 1300. The monoisotopic (exact) mass is 502 g/mol. The van der Waals surface area contributed by atoms with Crippen LogP contribution in [0.1, 0.15) is 49.4 Å². The summed E-state index contributed by atoms with van der Waals surface area (Å²) in [7, 11) is 0. The molecule has 1 aliphatic rings. The lowest BCUT2D eigenvalue weighted by molar-refractivity contribution is -0.140. The Morgan fingerprint density at radius 3 is 2.54 bits per heavy atom. The van der Waals surface area contributed by atoms with Crippen LogP contribution in [0, 0.1) is 0 Å². The highest BCUT2D eigenvalue weighted by Crippen LogP contribution is 2.42. The third kappa shape index (κ3) is 5.58. The van der Waals surface area contributed by atoms with E-state index in [-0.39, 0.29) is 29.4 Å². The number of ether oxygens (including phenoxy) is 2. The Balaban J connectivity index is 1.82. The van der Waals surface area contributed by atoms with E-state index in [9.17, 15) is 19.8 Å². The van der Waals surface area contributed by atoms with Gasteiger partial charge in [-0.05, 0) is 60.9 Å². The number of aromatic hydroxyl groups is 1. The second-order valence-electron chi connectivity index (χ2n) is 8.67. The van der Waals surface area contributed by atoms with Crippen molar-refractivity contribution in [3.05, 3.63) is 89.3 Å². The first kappa shape index (κ1) is 25.8. The van der Waals surface area contributed by atoms with Crippen molar-refractivity contribution < 1.29 is 29.3 Å².